The SMILES string of the molecule is Cc1nc(C2CCCN(c3nc(-c4cccnc4)nc4sc5c(c34)CCC5)C2)n[nH]1. The van der Waals surface area contributed by atoms with Crippen molar-refractivity contribution in [1.29, 1.82) is 0 Å². The molecule has 5 heterocycles. The van der Waals surface area contributed by atoms with Gasteiger partial charge in [0.25, 0.3) is 0 Å². The van der Waals surface area contributed by atoms with E-state index in [1.807, 2.05) is 36.6 Å². The maximum atomic E-state index is 5.11. The summed E-state index contributed by atoms with van der Waals surface area (Å²) < 4.78 is 0. The molecule has 4 aromatic heterocycles. The van der Waals surface area contributed by atoms with E-state index in [-0.39, 0.29) is 0 Å². The molecule has 1 atom stereocenters. The third-order valence-electron chi connectivity index (χ3n) is 6.17. The second-order valence-corrected chi connectivity index (χ2v) is 9.30. The molecule has 152 valence electrons. The number of fused-ring (bicyclic) bond motifs is 3. The van der Waals surface area contributed by atoms with Crippen LogP contribution in [-0.2, 0) is 12.8 Å². The molecule has 7 nitrogen and oxygen atoms in total. The highest BCUT2D eigenvalue weighted by Crippen LogP contribution is 2.42. The second kappa shape index (κ2) is 7.12. The van der Waals surface area contributed by atoms with Gasteiger partial charge in [-0.25, -0.2) is 15.0 Å². The molecule has 1 fully saturated rings. The van der Waals surface area contributed by atoms with Crippen LogP contribution in [-0.4, -0.2) is 43.2 Å². The highest BCUT2D eigenvalue weighted by atomic mass is 32.1. The van der Waals surface area contributed by atoms with E-state index in [0.29, 0.717) is 5.92 Å². The number of aromatic nitrogens is 6. The summed E-state index contributed by atoms with van der Waals surface area (Å²) in [5.74, 6) is 3.96. The van der Waals surface area contributed by atoms with Gasteiger partial charge in [-0.2, -0.15) is 5.10 Å². The average molecular weight is 418 g/mol. The van der Waals surface area contributed by atoms with Crippen LogP contribution in [0.5, 0.6) is 0 Å². The highest BCUT2D eigenvalue weighted by molar-refractivity contribution is 7.19. The third-order valence-corrected chi connectivity index (χ3v) is 7.35. The lowest BCUT2D eigenvalue weighted by Crippen LogP contribution is -2.35. The molecule has 1 saturated heterocycles. The van der Waals surface area contributed by atoms with Crippen molar-refractivity contribution in [3.8, 4) is 11.4 Å². The monoisotopic (exact) mass is 417 g/mol. The molecule has 0 bridgehead atoms. The quantitative estimate of drug-likeness (QED) is 0.541. The van der Waals surface area contributed by atoms with E-state index < -0.39 is 0 Å². The summed E-state index contributed by atoms with van der Waals surface area (Å²) in [6, 6.07) is 3.98. The summed E-state index contributed by atoms with van der Waals surface area (Å²) in [6.45, 7) is 3.85. The van der Waals surface area contributed by atoms with Crippen LogP contribution in [0.4, 0.5) is 5.82 Å². The van der Waals surface area contributed by atoms with Gasteiger partial charge in [0.05, 0.1) is 5.39 Å². The van der Waals surface area contributed by atoms with E-state index in [1.54, 1.807) is 6.20 Å². The fourth-order valence-corrected chi connectivity index (χ4v) is 6.01. The maximum absolute atomic E-state index is 5.11. The first-order valence-corrected chi connectivity index (χ1v) is 11.4. The fraction of sp³-hybridized carbons (Fsp3) is 0.409. The predicted molar refractivity (Wildman–Crippen MR) is 118 cm³/mol. The number of hydrogen-bond acceptors (Lipinski definition) is 7. The first-order chi connectivity index (χ1) is 14.8. The average Bonchev–Trinajstić information content (AvgIpc) is 3.50. The highest BCUT2D eigenvalue weighted by Gasteiger charge is 2.30. The van der Waals surface area contributed by atoms with Crippen LogP contribution in [0.2, 0.25) is 0 Å². The molecule has 1 N–H and O–H groups in total. The van der Waals surface area contributed by atoms with E-state index in [1.165, 1.54) is 22.2 Å². The zero-order valence-electron chi connectivity index (χ0n) is 16.9. The van der Waals surface area contributed by atoms with Crippen molar-refractivity contribution >= 4 is 27.4 Å². The number of nitrogens with one attached hydrogen (secondary N) is 1. The molecule has 4 aromatic rings. The summed E-state index contributed by atoms with van der Waals surface area (Å²) in [5.41, 5.74) is 2.44. The zero-order chi connectivity index (χ0) is 20.1. The summed E-state index contributed by atoms with van der Waals surface area (Å²) in [5, 5.41) is 8.71. The van der Waals surface area contributed by atoms with Crippen LogP contribution in [0.25, 0.3) is 21.6 Å². The standard InChI is InChI=1S/C22H23N7S/c1-13-24-20(28-27-13)15-6-4-10-29(12-15)21-18-16-7-2-8-17(16)30-22(18)26-19(25-21)14-5-3-9-23-11-14/h3,5,9,11,15H,2,4,6-8,10,12H2,1H3,(H,24,27,28). The van der Waals surface area contributed by atoms with Gasteiger partial charge in [0.2, 0.25) is 0 Å². The summed E-state index contributed by atoms with van der Waals surface area (Å²) in [4.78, 5) is 24.0. The minimum atomic E-state index is 0.322. The molecule has 6 rings (SSSR count). The zero-order valence-corrected chi connectivity index (χ0v) is 17.7. The van der Waals surface area contributed by atoms with Crippen LogP contribution in [0, 0.1) is 6.92 Å². The molecule has 30 heavy (non-hydrogen) atoms. The molecule has 1 unspecified atom stereocenters. The summed E-state index contributed by atoms with van der Waals surface area (Å²) in [6.07, 6.45) is 9.39. The molecule has 0 spiro atoms. The molecular formula is C22H23N7S. The first kappa shape index (κ1) is 17.9. The Morgan fingerprint density at radius 2 is 2.13 bits per heavy atom. The van der Waals surface area contributed by atoms with Gasteiger partial charge in [-0.1, -0.05) is 0 Å². The van der Waals surface area contributed by atoms with Gasteiger partial charge in [-0.3, -0.25) is 10.1 Å². The fourth-order valence-electron chi connectivity index (χ4n) is 4.75. The lowest BCUT2D eigenvalue weighted by atomic mass is 9.97. The van der Waals surface area contributed by atoms with E-state index in [2.05, 4.69) is 25.1 Å². The van der Waals surface area contributed by atoms with Gasteiger partial charge >= 0.3 is 0 Å². The maximum Gasteiger partial charge on any atom is 0.164 e. The number of piperidine rings is 1. The van der Waals surface area contributed by atoms with E-state index in [0.717, 1.165) is 72.5 Å². The molecule has 0 aromatic carbocycles. The van der Waals surface area contributed by atoms with Gasteiger partial charge in [-0.05, 0) is 56.7 Å². The van der Waals surface area contributed by atoms with Crippen molar-refractivity contribution in [1.82, 2.24) is 30.1 Å². The Kier molecular flexibility index (Phi) is 4.26. The molecule has 8 heteroatoms. The van der Waals surface area contributed by atoms with Gasteiger partial charge in [0.15, 0.2) is 11.6 Å². The number of H-pyrrole nitrogens is 1. The predicted octanol–water partition coefficient (Wildman–Crippen LogP) is 4.05. The topological polar surface area (TPSA) is 83.5 Å². The second-order valence-electron chi connectivity index (χ2n) is 8.21. The van der Waals surface area contributed by atoms with Crippen molar-refractivity contribution in [3.63, 3.8) is 0 Å². The smallest absolute Gasteiger partial charge is 0.164 e. The van der Waals surface area contributed by atoms with Crippen molar-refractivity contribution in [2.75, 3.05) is 18.0 Å². The van der Waals surface area contributed by atoms with Crippen LogP contribution in [0.1, 0.15) is 47.3 Å². The van der Waals surface area contributed by atoms with E-state index >= 15 is 0 Å². The minimum absolute atomic E-state index is 0.322. The lowest BCUT2D eigenvalue weighted by Gasteiger charge is -2.33. The normalized spacial score (nSPS) is 18.8. The Hall–Kier alpha value is -2.87. The van der Waals surface area contributed by atoms with Crippen LogP contribution in [0.3, 0.4) is 0 Å². The van der Waals surface area contributed by atoms with Gasteiger partial charge < -0.3 is 4.90 Å². The lowest BCUT2D eigenvalue weighted by molar-refractivity contribution is 0.490. The van der Waals surface area contributed by atoms with E-state index in [9.17, 15) is 0 Å². The number of aryl methyl sites for hydroxylation is 3. The number of anilines is 1. The Balaban J connectivity index is 1.47. The van der Waals surface area contributed by atoms with Crippen molar-refractivity contribution in [2.24, 2.45) is 0 Å². The van der Waals surface area contributed by atoms with Crippen molar-refractivity contribution in [3.05, 3.63) is 46.6 Å². The number of thiophene rings is 1. The van der Waals surface area contributed by atoms with Crippen molar-refractivity contribution in [2.45, 2.75) is 44.9 Å². The number of hydrogen-bond donors (Lipinski definition) is 1. The molecular weight excluding hydrogens is 394 g/mol. The van der Waals surface area contributed by atoms with Crippen LogP contribution in [0.15, 0.2) is 24.5 Å². The van der Waals surface area contributed by atoms with Crippen LogP contribution >= 0.6 is 11.3 Å². The molecule has 2 aliphatic rings. The number of aromatic amines is 1. The number of nitrogens with zero attached hydrogens (tertiary/aromatic N) is 6. The van der Waals surface area contributed by atoms with Gasteiger partial charge in [-0.15, -0.1) is 11.3 Å². The number of pyridine rings is 1. The summed E-state index contributed by atoms with van der Waals surface area (Å²) >= 11 is 1.85. The van der Waals surface area contributed by atoms with Gasteiger partial charge in [0, 0.05) is 41.8 Å². The minimum Gasteiger partial charge on any atom is -0.355 e. The summed E-state index contributed by atoms with van der Waals surface area (Å²) in [7, 11) is 0. The Morgan fingerprint density at radius 1 is 1.17 bits per heavy atom. The Labute approximate surface area is 178 Å². The number of rotatable bonds is 3. The molecule has 1 aliphatic heterocycles. The molecule has 0 amide bonds. The Bertz CT molecular complexity index is 1210. The van der Waals surface area contributed by atoms with Gasteiger partial charge in [0.1, 0.15) is 16.5 Å². The third kappa shape index (κ3) is 2.98. The first-order valence-electron chi connectivity index (χ1n) is 10.6. The molecule has 0 saturated carbocycles. The molecule has 1 aliphatic carbocycles. The van der Waals surface area contributed by atoms with Crippen molar-refractivity contribution < 1.29 is 0 Å². The Morgan fingerprint density at radius 3 is 2.97 bits per heavy atom. The van der Waals surface area contributed by atoms with Crippen LogP contribution < -0.4 is 4.90 Å². The van der Waals surface area contributed by atoms with E-state index in [4.69, 9.17) is 9.97 Å². The largest absolute Gasteiger partial charge is 0.355 e. The molecule has 0 radical (unpaired) electrons.